The second kappa shape index (κ2) is 14.1. The molecule has 1 N–H and O–H groups in total. The Morgan fingerprint density at radius 2 is 1.50 bits per heavy atom. The van der Waals surface area contributed by atoms with Gasteiger partial charge in [0, 0.05) is 23.6 Å². The van der Waals surface area contributed by atoms with Gasteiger partial charge in [0.2, 0.25) is 5.91 Å². The van der Waals surface area contributed by atoms with Gasteiger partial charge in [-0.05, 0) is 79.3 Å². The minimum atomic E-state index is -0.874. The van der Waals surface area contributed by atoms with Gasteiger partial charge < -0.3 is 15.0 Å². The van der Waals surface area contributed by atoms with Crippen LogP contribution in [0.2, 0.25) is 0 Å². The van der Waals surface area contributed by atoms with Gasteiger partial charge in [0.05, 0.1) is 12.9 Å². The summed E-state index contributed by atoms with van der Waals surface area (Å²) in [5, 5.41) is 3.57. The van der Waals surface area contributed by atoms with Crippen molar-refractivity contribution in [3.63, 3.8) is 0 Å². The van der Waals surface area contributed by atoms with Crippen molar-refractivity contribution < 1.29 is 14.3 Å². The molecule has 1 aromatic heterocycles. The number of carbonyl (C=O) groups is 2. The van der Waals surface area contributed by atoms with Gasteiger partial charge in [0.15, 0.2) is 5.16 Å². The highest BCUT2D eigenvalue weighted by molar-refractivity contribution is 7.99. The lowest BCUT2D eigenvalue weighted by molar-refractivity contribution is -0.137. The number of amides is 2. The molecule has 0 bridgehead atoms. The van der Waals surface area contributed by atoms with Crippen molar-refractivity contribution in [3.05, 3.63) is 113 Å². The molecule has 0 fully saturated rings. The Balaban J connectivity index is 1.73. The number of ether oxygens (including phenoxy) is 1. The molecule has 0 aliphatic heterocycles. The average Bonchev–Trinajstić information content (AvgIpc) is 2.96. The highest BCUT2D eigenvalue weighted by Crippen LogP contribution is 2.29. The van der Waals surface area contributed by atoms with Crippen molar-refractivity contribution in [2.24, 2.45) is 0 Å². The van der Waals surface area contributed by atoms with Crippen LogP contribution < -0.4 is 10.1 Å². The number of carbonyl (C=O) groups excluding carboxylic acids is 2. The van der Waals surface area contributed by atoms with Crippen molar-refractivity contribution in [1.82, 2.24) is 14.9 Å². The van der Waals surface area contributed by atoms with Gasteiger partial charge in [0.1, 0.15) is 11.8 Å². The van der Waals surface area contributed by atoms with Crippen LogP contribution in [0.4, 0.5) is 5.69 Å². The number of nitrogens with one attached hydrogen (secondary N) is 1. The monoisotopic (exact) mass is 582 g/mol. The van der Waals surface area contributed by atoms with Crippen LogP contribution in [0.25, 0.3) is 0 Å². The van der Waals surface area contributed by atoms with Crippen molar-refractivity contribution in [1.29, 1.82) is 0 Å². The van der Waals surface area contributed by atoms with Crippen LogP contribution in [0.1, 0.15) is 59.4 Å². The molecule has 0 radical (unpaired) electrons. The summed E-state index contributed by atoms with van der Waals surface area (Å²) in [6.07, 6.45) is 0. The molecular weight excluding hydrogens is 544 g/mol. The van der Waals surface area contributed by atoms with Gasteiger partial charge in [-0.15, -0.1) is 0 Å². The maximum atomic E-state index is 14.1. The molecule has 0 saturated carbocycles. The van der Waals surface area contributed by atoms with Crippen molar-refractivity contribution in [3.8, 4) is 5.75 Å². The van der Waals surface area contributed by atoms with Crippen LogP contribution in [0, 0.1) is 20.8 Å². The summed E-state index contributed by atoms with van der Waals surface area (Å²) in [6.45, 7) is 10.4. The normalized spacial score (nSPS) is 11.7. The van der Waals surface area contributed by atoms with E-state index in [4.69, 9.17) is 4.74 Å². The molecule has 42 heavy (non-hydrogen) atoms. The first kappa shape index (κ1) is 30.8. The second-order valence-electron chi connectivity index (χ2n) is 10.6. The van der Waals surface area contributed by atoms with Crippen molar-refractivity contribution in [2.75, 3.05) is 18.2 Å². The number of hydrogen-bond donors (Lipinski definition) is 1. The first-order valence-corrected chi connectivity index (χ1v) is 15.0. The van der Waals surface area contributed by atoms with Gasteiger partial charge in [-0.3, -0.25) is 9.59 Å². The van der Waals surface area contributed by atoms with Crippen LogP contribution in [0.5, 0.6) is 5.75 Å². The summed E-state index contributed by atoms with van der Waals surface area (Å²) >= 11 is 1.28. The minimum Gasteiger partial charge on any atom is -0.497 e. The third-order valence-corrected chi connectivity index (χ3v) is 7.88. The summed E-state index contributed by atoms with van der Waals surface area (Å²) < 4.78 is 5.27. The fourth-order valence-corrected chi connectivity index (χ4v) is 5.52. The molecule has 3 aromatic carbocycles. The number of hydrogen-bond acceptors (Lipinski definition) is 6. The van der Waals surface area contributed by atoms with E-state index < -0.39 is 6.04 Å². The van der Waals surface area contributed by atoms with E-state index in [1.807, 2.05) is 75.4 Å². The zero-order chi connectivity index (χ0) is 30.2. The Labute approximate surface area is 252 Å². The maximum Gasteiger partial charge on any atom is 0.251 e. The molecule has 1 heterocycles. The second-order valence-corrected chi connectivity index (χ2v) is 11.6. The number of methoxy groups -OCH3 is 1. The fraction of sp³-hybridized carbons (Fsp3) is 0.294. The Hall–Kier alpha value is -4.17. The lowest BCUT2D eigenvalue weighted by atomic mass is 9.97. The van der Waals surface area contributed by atoms with E-state index in [0.717, 1.165) is 33.6 Å². The fourth-order valence-electron chi connectivity index (χ4n) is 4.68. The summed E-state index contributed by atoms with van der Waals surface area (Å²) in [5.41, 5.74) is 6.22. The van der Waals surface area contributed by atoms with Gasteiger partial charge in [-0.1, -0.05) is 74.1 Å². The van der Waals surface area contributed by atoms with Crippen LogP contribution in [0.3, 0.4) is 0 Å². The molecule has 0 spiro atoms. The maximum absolute atomic E-state index is 14.1. The quantitative estimate of drug-likeness (QED) is 0.151. The Morgan fingerprint density at radius 3 is 2.10 bits per heavy atom. The molecule has 2 amide bonds. The molecule has 0 unspecified atom stereocenters. The molecule has 4 rings (SSSR count). The number of benzene rings is 3. The van der Waals surface area contributed by atoms with E-state index in [1.165, 1.54) is 11.8 Å². The number of rotatable bonds is 11. The molecular formula is C34H38N4O3S. The van der Waals surface area contributed by atoms with Crippen LogP contribution in [-0.2, 0) is 16.1 Å². The van der Waals surface area contributed by atoms with E-state index >= 15 is 0 Å². The van der Waals surface area contributed by atoms with Gasteiger partial charge >= 0.3 is 0 Å². The summed E-state index contributed by atoms with van der Waals surface area (Å²) in [5.74, 6) is 0.631. The summed E-state index contributed by atoms with van der Waals surface area (Å²) in [4.78, 5) is 38.8. The van der Waals surface area contributed by atoms with E-state index in [2.05, 4.69) is 29.1 Å². The van der Waals surface area contributed by atoms with Crippen molar-refractivity contribution >= 4 is 29.3 Å². The standard InChI is InChI=1S/C34H38N4O3S/c1-22(2)26-11-13-27(14-12-26)32(33(40)37-29-15-17-30(41-6)18-16-29)38(20-28-10-8-7-9-23(28)3)31(39)21-42-34-35-24(4)19-25(5)36-34/h7-19,22,32H,20-21H2,1-6H3,(H,37,40)/t32-/m0/s1. The Morgan fingerprint density at radius 1 is 0.881 bits per heavy atom. The zero-order valence-electron chi connectivity index (χ0n) is 25.0. The largest absolute Gasteiger partial charge is 0.497 e. The highest BCUT2D eigenvalue weighted by atomic mass is 32.2. The number of aromatic nitrogens is 2. The Bertz CT molecular complexity index is 1500. The van der Waals surface area contributed by atoms with E-state index in [9.17, 15) is 9.59 Å². The van der Waals surface area contributed by atoms with Gasteiger partial charge in [0.25, 0.3) is 5.91 Å². The first-order valence-electron chi connectivity index (χ1n) is 14.0. The molecule has 0 aliphatic rings. The lowest BCUT2D eigenvalue weighted by Gasteiger charge is -2.32. The first-order chi connectivity index (χ1) is 20.1. The topological polar surface area (TPSA) is 84.4 Å². The Kier molecular flexibility index (Phi) is 10.4. The predicted octanol–water partition coefficient (Wildman–Crippen LogP) is 7.03. The predicted molar refractivity (Wildman–Crippen MR) is 169 cm³/mol. The molecule has 8 heteroatoms. The molecule has 0 aliphatic carbocycles. The van der Waals surface area contributed by atoms with E-state index in [-0.39, 0.29) is 24.1 Å². The number of aryl methyl sites for hydroxylation is 3. The molecule has 1 atom stereocenters. The third-order valence-electron chi connectivity index (χ3n) is 7.05. The van der Waals surface area contributed by atoms with Gasteiger partial charge in [-0.2, -0.15) is 0 Å². The van der Waals surface area contributed by atoms with Crippen LogP contribution in [0.15, 0.2) is 84.0 Å². The lowest BCUT2D eigenvalue weighted by Crippen LogP contribution is -2.42. The van der Waals surface area contributed by atoms with E-state index in [0.29, 0.717) is 22.5 Å². The van der Waals surface area contributed by atoms with Crippen LogP contribution >= 0.6 is 11.8 Å². The average molecular weight is 583 g/mol. The third kappa shape index (κ3) is 7.97. The molecule has 7 nitrogen and oxygen atoms in total. The SMILES string of the molecule is COc1ccc(NC(=O)[C@H](c2ccc(C(C)C)cc2)N(Cc2ccccc2C)C(=O)CSc2nc(C)cc(C)n2)cc1. The zero-order valence-corrected chi connectivity index (χ0v) is 25.9. The smallest absolute Gasteiger partial charge is 0.251 e. The molecule has 4 aromatic rings. The number of thioether (sulfide) groups is 1. The number of anilines is 1. The number of nitrogens with zero attached hydrogens (tertiary/aromatic N) is 3. The summed E-state index contributed by atoms with van der Waals surface area (Å²) in [6, 6.07) is 24.1. The van der Waals surface area contributed by atoms with Crippen LogP contribution in [-0.4, -0.2) is 39.5 Å². The van der Waals surface area contributed by atoms with Crippen molar-refractivity contribution in [2.45, 2.75) is 58.3 Å². The summed E-state index contributed by atoms with van der Waals surface area (Å²) in [7, 11) is 1.60. The molecule has 0 saturated heterocycles. The molecule has 218 valence electrons. The highest BCUT2D eigenvalue weighted by Gasteiger charge is 2.32. The van der Waals surface area contributed by atoms with E-state index in [1.54, 1.807) is 36.3 Å². The van der Waals surface area contributed by atoms with Gasteiger partial charge in [-0.25, -0.2) is 9.97 Å². The minimum absolute atomic E-state index is 0.0885.